The fourth-order valence-electron chi connectivity index (χ4n) is 1.35. The van der Waals surface area contributed by atoms with Gasteiger partial charge in [0, 0.05) is 0 Å². The summed E-state index contributed by atoms with van der Waals surface area (Å²) in [6.45, 7) is 5.67. The second kappa shape index (κ2) is 4.03. The zero-order chi connectivity index (χ0) is 12.7. The van der Waals surface area contributed by atoms with E-state index in [-0.39, 0.29) is 0 Å². The summed E-state index contributed by atoms with van der Waals surface area (Å²) in [7, 11) is -1.93. The largest absolute Gasteiger partial charge is 0.419 e. The van der Waals surface area contributed by atoms with Crippen LogP contribution in [0.2, 0.25) is 24.7 Å². The monoisotopic (exact) mass is 270 g/mol. The highest BCUT2D eigenvalue weighted by Crippen LogP contribution is 2.33. The van der Waals surface area contributed by atoms with Gasteiger partial charge >= 0.3 is 6.18 Å². The van der Waals surface area contributed by atoms with Gasteiger partial charge in [0.15, 0.2) is 5.82 Å². The Hall–Kier alpha value is -0.553. The van der Waals surface area contributed by atoms with Crippen molar-refractivity contribution in [3.8, 4) is 0 Å². The molecule has 0 unspecified atom stereocenters. The van der Waals surface area contributed by atoms with E-state index < -0.39 is 30.7 Å². The summed E-state index contributed by atoms with van der Waals surface area (Å²) in [5.74, 6) is -1.37. The van der Waals surface area contributed by atoms with Gasteiger partial charge < -0.3 is 0 Å². The van der Waals surface area contributed by atoms with Gasteiger partial charge in [0.1, 0.15) is 0 Å². The number of rotatable bonds is 1. The maximum absolute atomic E-state index is 13.5. The lowest BCUT2D eigenvalue weighted by Crippen LogP contribution is -2.39. The van der Waals surface area contributed by atoms with E-state index in [4.69, 9.17) is 11.6 Å². The average Bonchev–Trinajstić information content (AvgIpc) is 2.05. The molecule has 1 aromatic rings. The summed E-state index contributed by atoms with van der Waals surface area (Å²) in [5, 5.41) is 0.105. The van der Waals surface area contributed by atoms with Crippen molar-refractivity contribution >= 4 is 24.9 Å². The third kappa shape index (κ3) is 2.57. The van der Waals surface area contributed by atoms with Crippen LogP contribution in [-0.2, 0) is 6.18 Å². The number of alkyl halides is 3. The Labute approximate surface area is 97.2 Å². The van der Waals surface area contributed by atoms with E-state index >= 15 is 0 Å². The molecular weight excluding hydrogens is 260 g/mol. The highest BCUT2D eigenvalue weighted by atomic mass is 35.5. The molecule has 0 saturated carbocycles. The SMILES string of the molecule is C[Si](C)(C)c1ccc(C(F)(F)F)c(F)c1Cl. The van der Waals surface area contributed by atoms with E-state index in [1.54, 1.807) is 0 Å². The summed E-state index contributed by atoms with van der Waals surface area (Å²) < 4.78 is 50.6. The van der Waals surface area contributed by atoms with E-state index in [1.165, 1.54) is 6.07 Å². The second-order valence-corrected chi connectivity index (χ2v) is 9.95. The van der Waals surface area contributed by atoms with Gasteiger partial charge in [-0.2, -0.15) is 13.2 Å². The molecule has 0 aromatic heterocycles. The highest BCUT2D eigenvalue weighted by Gasteiger charge is 2.36. The first-order chi connectivity index (χ1) is 7.05. The maximum atomic E-state index is 13.5. The summed E-state index contributed by atoms with van der Waals surface area (Å²) >= 11 is 5.65. The van der Waals surface area contributed by atoms with Gasteiger partial charge in [0.2, 0.25) is 0 Å². The van der Waals surface area contributed by atoms with E-state index in [2.05, 4.69) is 0 Å². The quantitative estimate of drug-likeness (QED) is 0.534. The van der Waals surface area contributed by atoms with Crippen LogP contribution >= 0.6 is 11.6 Å². The van der Waals surface area contributed by atoms with E-state index in [0.717, 1.165) is 6.07 Å². The predicted molar refractivity (Wildman–Crippen MR) is 59.4 cm³/mol. The first kappa shape index (κ1) is 13.5. The first-order valence-electron chi connectivity index (χ1n) is 4.61. The number of halogens is 5. The van der Waals surface area contributed by atoms with E-state index in [1.807, 2.05) is 19.6 Å². The third-order valence-electron chi connectivity index (χ3n) is 2.20. The van der Waals surface area contributed by atoms with Crippen molar-refractivity contribution in [2.24, 2.45) is 0 Å². The van der Waals surface area contributed by atoms with Crippen LogP contribution < -0.4 is 5.19 Å². The zero-order valence-corrected chi connectivity index (χ0v) is 10.8. The minimum atomic E-state index is -4.70. The van der Waals surface area contributed by atoms with Crippen molar-refractivity contribution in [3.63, 3.8) is 0 Å². The van der Waals surface area contributed by atoms with Gasteiger partial charge in [-0.3, -0.25) is 0 Å². The fraction of sp³-hybridized carbons (Fsp3) is 0.400. The molecular formula is C10H11ClF4Si. The second-order valence-electron chi connectivity index (χ2n) is 4.54. The van der Waals surface area contributed by atoms with E-state index in [0.29, 0.717) is 5.19 Å². The predicted octanol–water partition coefficient (Wildman–Crippen LogP) is 4.04. The normalized spacial score (nSPS) is 13.0. The lowest BCUT2D eigenvalue weighted by atomic mass is 10.2. The molecule has 0 amide bonds. The Bertz CT molecular complexity index is 368. The average molecular weight is 271 g/mol. The van der Waals surface area contributed by atoms with Gasteiger partial charge in [-0.05, 0) is 11.3 Å². The molecule has 0 saturated heterocycles. The molecule has 0 atom stereocenters. The Morgan fingerprint density at radius 1 is 1.12 bits per heavy atom. The summed E-state index contributed by atoms with van der Waals surface area (Å²) in [6.07, 6.45) is -4.70. The molecule has 16 heavy (non-hydrogen) atoms. The molecule has 0 heterocycles. The van der Waals surface area contributed by atoms with Gasteiger partial charge in [-0.1, -0.05) is 37.3 Å². The zero-order valence-electron chi connectivity index (χ0n) is 9.04. The Kier molecular flexibility index (Phi) is 3.41. The van der Waals surface area contributed by atoms with Crippen molar-refractivity contribution in [3.05, 3.63) is 28.5 Å². The van der Waals surface area contributed by atoms with Gasteiger partial charge in [0.25, 0.3) is 0 Å². The van der Waals surface area contributed by atoms with Crippen LogP contribution in [0.25, 0.3) is 0 Å². The fourth-order valence-corrected chi connectivity index (χ4v) is 3.71. The van der Waals surface area contributed by atoms with Crippen molar-refractivity contribution < 1.29 is 17.6 Å². The molecule has 0 spiro atoms. The third-order valence-corrected chi connectivity index (χ3v) is 4.76. The molecule has 0 radical (unpaired) electrons. The molecule has 0 aliphatic rings. The molecule has 0 bridgehead atoms. The molecule has 0 fully saturated rings. The molecule has 1 aromatic carbocycles. The van der Waals surface area contributed by atoms with Crippen LogP contribution in [0.3, 0.4) is 0 Å². The minimum Gasteiger partial charge on any atom is -0.205 e. The molecule has 0 N–H and O–H groups in total. The van der Waals surface area contributed by atoms with Gasteiger partial charge in [-0.15, -0.1) is 0 Å². The standard InChI is InChI=1S/C10H11ClF4Si/c1-16(2,3)7-5-4-6(10(13,14)15)9(12)8(7)11/h4-5H,1-3H3. The molecule has 0 aliphatic heterocycles. The van der Waals surface area contributed by atoms with Gasteiger partial charge in [-0.25, -0.2) is 4.39 Å². The molecule has 1 rings (SSSR count). The highest BCUT2D eigenvalue weighted by molar-refractivity contribution is 6.90. The van der Waals surface area contributed by atoms with Crippen LogP contribution in [0, 0.1) is 5.82 Å². The Morgan fingerprint density at radius 3 is 2.00 bits per heavy atom. The Balaban J connectivity index is 3.41. The topological polar surface area (TPSA) is 0 Å². The molecule has 6 heteroatoms. The maximum Gasteiger partial charge on any atom is 0.419 e. The molecule has 90 valence electrons. The lowest BCUT2D eigenvalue weighted by Gasteiger charge is -2.20. The van der Waals surface area contributed by atoms with Crippen LogP contribution in [0.5, 0.6) is 0 Å². The Morgan fingerprint density at radius 2 is 1.62 bits per heavy atom. The van der Waals surface area contributed by atoms with Crippen LogP contribution in [0.4, 0.5) is 17.6 Å². The molecule has 0 nitrogen and oxygen atoms in total. The van der Waals surface area contributed by atoms with Crippen LogP contribution in [-0.4, -0.2) is 8.07 Å². The van der Waals surface area contributed by atoms with Crippen molar-refractivity contribution in [1.82, 2.24) is 0 Å². The van der Waals surface area contributed by atoms with Gasteiger partial charge in [0.05, 0.1) is 18.7 Å². The van der Waals surface area contributed by atoms with Crippen molar-refractivity contribution in [2.45, 2.75) is 25.8 Å². The summed E-state index contributed by atoms with van der Waals surface area (Å²) in [4.78, 5) is 0. The lowest BCUT2D eigenvalue weighted by molar-refractivity contribution is -0.139. The van der Waals surface area contributed by atoms with Crippen LogP contribution in [0.15, 0.2) is 12.1 Å². The van der Waals surface area contributed by atoms with Crippen LogP contribution in [0.1, 0.15) is 5.56 Å². The number of benzene rings is 1. The minimum absolute atomic E-state index is 0.394. The van der Waals surface area contributed by atoms with Crippen molar-refractivity contribution in [2.75, 3.05) is 0 Å². The molecule has 0 aliphatic carbocycles. The van der Waals surface area contributed by atoms with Crippen molar-refractivity contribution in [1.29, 1.82) is 0 Å². The smallest absolute Gasteiger partial charge is 0.205 e. The first-order valence-corrected chi connectivity index (χ1v) is 8.48. The number of hydrogen-bond donors (Lipinski definition) is 0. The summed E-state index contributed by atoms with van der Waals surface area (Å²) in [6, 6.07) is 2.04. The number of hydrogen-bond acceptors (Lipinski definition) is 0. The summed E-state index contributed by atoms with van der Waals surface area (Å²) in [5.41, 5.74) is -1.31. The van der Waals surface area contributed by atoms with E-state index in [9.17, 15) is 17.6 Å².